The molecule has 2 aromatic carbocycles. The van der Waals surface area contributed by atoms with E-state index in [4.69, 9.17) is 14.2 Å². The van der Waals surface area contributed by atoms with Crippen molar-refractivity contribution in [2.24, 2.45) is 0 Å². The fourth-order valence-corrected chi connectivity index (χ4v) is 3.48. The zero-order valence-electron chi connectivity index (χ0n) is 17.8. The Morgan fingerprint density at radius 1 is 0.903 bits per heavy atom. The van der Waals surface area contributed by atoms with Crippen LogP contribution in [0.2, 0.25) is 0 Å². The number of nitrogens with zero attached hydrogens (tertiary/aromatic N) is 1. The predicted octanol–water partition coefficient (Wildman–Crippen LogP) is 2.66. The second-order valence-electron chi connectivity index (χ2n) is 7.26. The van der Waals surface area contributed by atoms with Crippen molar-refractivity contribution in [1.82, 2.24) is 10.2 Å². The van der Waals surface area contributed by atoms with Gasteiger partial charge in [0.25, 0.3) is 11.8 Å². The number of ether oxygens (including phenoxy) is 3. The number of amides is 2. The van der Waals surface area contributed by atoms with Gasteiger partial charge in [0.1, 0.15) is 17.2 Å². The minimum absolute atomic E-state index is 0.0474. The first-order chi connectivity index (χ1) is 14.9. The Morgan fingerprint density at radius 3 is 2.10 bits per heavy atom. The van der Waals surface area contributed by atoms with Crippen LogP contribution in [-0.2, 0) is 4.79 Å². The highest BCUT2D eigenvalue weighted by Crippen LogP contribution is 2.24. The molecule has 1 N–H and O–H groups in total. The van der Waals surface area contributed by atoms with E-state index in [1.165, 1.54) is 13.0 Å². The average Bonchev–Trinajstić information content (AvgIpc) is 2.78. The Bertz CT molecular complexity index is 944. The number of hydrogen-bond acceptors (Lipinski definition) is 6. The summed E-state index contributed by atoms with van der Waals surface area (Å²) in [5.41, 5.74) is 0.918. The van der Waals surface area contributed by atoms with Gasteiger partial charge in [-0.2, -0.15) is 0 Å². The van der Waals surface area contributed by atoms with E-state index in [0.717, 1.165) is 0 Å². The fraction of sp³-hybridized carbons (Fsp3) is 0.348. The number of rotatable bonds is 6. The molecule has 0 spiro atoms. The second-order valence-corrected chi connectivity index (χ2v) is 7.26. The first-order valence-corrected chi connectivity index (χ1v) is 10.0. The molecule has 0 aromatic heterocycles. The zero-order valence-corrected chi connectivity index (χ0v) is 17.8. The summed E-state index contributed by atoms with van der Waals surface area (Å²) in [6, 6.07) is 11.5. The van der Waals surface area contributed by atoms with E-state index in [1.807, 2.05) is 0 Å². The van der Waals surface area contributed by atoms with E-state index in [-0.39, 0.29) is 17.9 Å². The van der Waals surface area contributed by atoms with Crippen LogP contribution >= 0.6 is 0 Å². The number of benzene rings is 2. The highest BCUT2D eigenvalue weighted by molar-refractivity contribution is 5.96. The maximum atomic E-state index is 12.9. The number of nitrogens with one attached hydrogen (secondary N) is 1. The third kappa shape index (κ3) is 5.75. The molecule has 1 fully saturated rings. The lowest BCUT2D eigenvalue weighted by molar-refractivity contribution is -0.131. The topological polar surface area (TPSA) is 94.2 Å². The van der Waals surface area contributed by atoms with Crippen LogP contribution in [0.3, 0.4) is 0 Å². The van der Waals surface area contributed by atoms with Gasteiger partial charge in [-0.15, -0.1) is 0 Å². The Hall–Kier alpha value is -3.55. The number of likely N-dealkylation sites (tertiary alicyclic amines) is 1. The summed E-state index contributed by atoms with van der Waals surface area (Å²) in [6.45, 7) is 2.36. The minimum Gasteiger partial charge on any atom is -0.497 e. The summed E-state index contributed by atoms with van der Waals surface area (Å²) in [7, 11) is 3.08. The molecule has 164 valence electrons. The van der Waals surface area contributed by atoms with Crippen molar-refractivity contribution in [2.45, 2.75) is 25.8 Å². The van der Waals surface area contributed by atoms with E-state index in [0.29, 0.717) is 54.3 Å². The van der Waals surface area contributed by atoms with Gasteiger partial charge < -0.3 is 24.4 Å². The summed E-state index contributed by atoms with van der Waals surface area (Å²) < 4.78 is 15.5. The number of hydrogen-bond donors (Lipinski definition) is 1. The smallest absolute Gasteiger partial charge is 0.308 e. The Kier molecular flexibility index (Phi) is 7.12. The molecule has 0 atom stereocenters. The molecule has 1 heterocycles. The first-order valence-electron chi connectivity index (χ1n) is 10.0. The maximum absolute atomic E-state index is 12.9. The molecule has 0 saturated carbocycles. The Morgan fingerprint density at radius 2 is 1.52 bits per heavy atom. The zero-order chi connectivity index (χ0) is 22.4. The van der Waals surface area contributed by atoms with E-state index in [1.54, 1.807) is 55.5 Å². The van der Waals surface area contributed by atoms with Gasteiger partial charge in [0.2, 0.25) is 0 Å². The molecule has 0 aliphatic carbocycles. The van der Waals surface area contributed by atoms with Gasteiger partial charge in [0.05, 0.1) is 14.2 Å². The molecular formula is C23H26N2O6. The quantitative estimate of drug-likeness (QED) is 0.564. The van der Waals surface area contributed by atoms with Crippen molar-refractivity contribution in [3.63, 3.8) is 0 Å². The van der Waals surface area contributed by atoms with Crippen LogP contribution in [0.5, 0.6) is 17.2 Å². The van der Waals surface area contributed by atoms with Crippen LogP contribution < -0.4 is 19.5 Å². The number of esters is 1. The molecule has 1 aliphatic rings. The van der Waals surface area contributed by atoms with Gasteiger partial charge in [0, 0.05) is 43.2 Å². The molecule has 2 aromatic rings. The highest BCUT2D eigenvalue weighted by atomic mass is 16.5. The van der Waals surface area contributed by atoms with Crippen LogP contribution in [0.25, 0.3) is 0 Å². The highest BCUT2D eigenvalue weighted by Gasteiger charge is 2.25. The normalized spacial score (nSPS) is 14.0. The third-order valence-corrected chi connectivity index (χ3v) is 5.07. The monoisotopic (exact) mass is 426 g/mol. The minimum atomic E-state index is -0.441. The van der Waals surface area contributed by atoms with E-state index in [2.05, 4.69) is 5.32 Å². The van der Waals surface area contributed by atoms with Crippen LogP contribution in [-0.4, -0.2) is 56.0 Å². The summed E-state index contributed by atoms with van der Waals surface area (Å²) >= 11 is 0. The van der Waals surface area contributed by atoms with E-state index >= 15 is 0 Å². The molecule has 3 rings (SSSR count). The lowest BCUT2D eigenvalue weighted by atomic mass is 10.0. The van der Waals surface area contributed by atoms with E-state index < -0.39 is 5.97 Å². The molecule has 0 radical (unpaired) electrons. The average molecular weight is 426 g/mol. The van der Waals surface area contributed by atoms with Crippen LogP contribution in [0.4, 0.5) is 0 Å². The standard InChI is InChI=1S/C23H26N2O6/c1-15(26)31-19-6-4-5-16(11-19)22(27)24-18-7-9-25(10-8-18)23(28)17-12-20(29-2)14-21(13-17)30-3/h4-6,11-14,18H,7-10H2,1-3H3,(H,24,27). The van der Waals surface area contributed by atoms with Crippen LogP contribution in [0.15, 0.2) is 42.5 Å². The molecule has 1 saturated heterocycles. The number of carbonyl (C=O) groups is 3. The summed E-state index contributed by atoms with van der Waals surface area (Å²) in [4.78, 5) is 38.3. The van der Waals surface area contributed by atoms with Crippen LogP contribution in [0.1, 0.15) is 40.5 Å². The van der Waals surface area contributed by atoms with Gasteiger partial charge in [-0.25, -0.2) is 0 Å². The lowest BCUT2D eigenvalue weighted by Gasteiger charge is -2.32. The van der Waals surface area contributed by atoms with Gasteiger partial charge in [0.15, 0.2) is 0 Å². The van der Waals surface area contributed by atoms with Crippen molar-refractivity contribution in [2.75, 3.05) is 27.3 Å². The second kappa shape index (κ2) is 9.97. The first kappa shape index (κ1) is 22.1. The molecular weight excluding hydrogens is 400 g/mol. The van der Waals surface area contributed by atoms with E-state index in [9.17, 15) is 14.4 Å². The van der Waals surface area contributed by atoms with Gasteiger partial charge in [-0.1, -0.05) is 6.07 Å². The van der Waals surface area contributed by atoms with Crippen molar-refractivity contribution in [1.29, 1.82) is 0 Å². The predicted molar refractivity (Wildman–Crippen MR) is 114 cm³/mol. The summed E-state index contributed by atoms with van der Waals surface area (Å²) in [6.07, 6.45) is 1.28. The molecule has 1 aliphatic heterocycles. The maximum Gasteiger partial charge on any atom is 0.308 e. The third-order valence-electron chi connectivity index (χ3n) is 5.07. The van der Waals surface area contributed by atoms with Crippen molar-refractivity contribution < 1.29 is 28.6 Å². The summed E-state index contributed by atoms with van der Waals surface area (Å²) in [5, 5.41) is 2.99. The Balaban J connectivity index is 1.58. The number of carbonyl (C=O) groups excluding carboxylic acids is 3. The Labute approximate surface area is 181 Å². The fourth-order valence-electron chi connectivity index (χ4n) is 3.48. The van der Waals surface area contributed by atoms with Gasteiger partial charge in [-0.3, -0.25) is 14.4 Å². The van der Waals surface area contributed by atoms with Crippen LogP contribution in [0, 0.1) is 0 Å². The largest absolute Gasteiger partial charge is 0.497 e. The SMILES string of the molecule is COc1cc(OC)cc(C(=O)N2CCC(NC(=O)c3cccc(OC(C)=O)c3)CC2)c1. The molecule has 0 unspecified atom stereocenters. The molecule has 8 heteroatoms. The van der Waals surface area contributed by atoms with Crippen molar-refractivity contribution in [3.8, 4) is 17.2 Å². The van der Waals surface area contributed by atoms with Crippen molar-refractivity contribution in [3.05, 3.63) is 53.6 Å². The number of piperidine rings is 1. The number of methoxy groups -OCH3 is 2. The van der Waals surface area contributed by atoms with Gasteiger partial charge in [-0.05, 0) is 43.2 Å². The molecule has 2 amide bonds. The van der Waals surface area contributed by atoms with Gasteiger partial charge >= 0.3 is 5.97 Å². The lowest BCUT2D eigenvalue weighted by Crippen LogP contribution is -2.46. The molecule has 31 heavy (non-hydrogen) atoms. The van der Waals surface area contributed by atoms with Crippen molar-refractivity contribution >= 4 is 17.8 Å². The molecule has 0 bridgehead atoms. The molecule has 8 nitrogen and oxygen atoms in total. The summed E-state index contributed by atoms with van der Waals surface area (Å²) in [5.74, 6) is 0.659.